The van der Waals surface area contributed by atoms with Gasteiger partial charge < -0.3 is 16.4 Å². The van der Waals surface area contributed by atoms with Crippen LogP contribution in [0.15, 0.2) is 0 Å². The maximum absolute atomic E-state index is 11.2. The predicted octanol–water partition coefficient (Wildman–Crippen LogP) is 1.62. The van der Waals surface area contributed by atoms with Crippen molar-refractivity contribution in [2.24, 2.45) is 17.4 Å². The molecular weight excluding hydrogens is 238 g/mol. The highest BCUT2D eigenvalue weighted by molar-refractivity contribution is 5.83. The molecular formula is C15H29N3O. The van der Waals surface area contributed by atoms with Crippen molar-refractivity contribution in [2.45, 2.75) is 69.9 Å². The Morgan fingerprint density at radius 1 is 1.26 bits per heavy atom. The molecule has 4 nitrogen and oxygen atoms in total. The maximum atomic E-state index is 11.2. The highest BCUT2D eigenvalue weighted by Crippen LogP contribution is 2.35. The van der Waals surface area contributed by atoms with Gasteiger partial charge in [-0.25, -0.2) is 0 Å². The van der Waals surface area contributed by atoms with Crippen molar-refractivity contribution < 1.29 is 4.79 Å². The van der Waals surface area contributed by atoms with E-state index in [0.29, 0.717) is 6.42 Å². The Labute approximate surface area is 116 Å². The van der Waals surface area contributed by atoms with Crippen molar-refractivity contribution in [3.8, 4) is 0 Å². The van der Waals surface area contributed by atoms with Crippen LogP contribution in [-0.4, -0.2) is 35.5 Å². The summed E-state index contributed by atoms with van der Waals surface area (Å²) in [6.07, 6.45) is 10.0. The van der Waals surface area contributed by atoms with Gasteiger partial charge in [-0.15, -0.1) is 0 Å². The molecule has 4 N–H and O–H groups in total. The van der Waals surface area contributed by atoms with Crippen LogP contribution in [0.2, 0.25) is 0 Å². The molecule has 0 aromatic heterocycles. The summed E-state index contributed by atoms with van der Waals surface area (Å²) < 4.78 is 0. The second-order valence-electron chi connectivity index (χ2n) is 6.68. The van der Waals surface area contributed by atoms with Gasteiger partial charge >= 0.3 is 0 Å². The number of amides is 1. The first-order valence-electron chi connectivity index (χ1n) is 7.83. The van der Waals surface area contributed by atoms with Crippen LogP contribution in [0.5, 0.6) is 0 Å². The summed E-state index contributed by atoms with van der Waals surface area (Å²) in [6, 6.07) is 0.792. The Morgan fingerprint density at radius 3 is 2.58 bits per heavy atom. The lowest BCUT2D eigenvalue weighted by molar-refractivity contribution is -0.122. The quantitative estimate of drug-likeness (QED) is 0.768. The zero-order chi connectivity index (χ0) is 13.9. The van der Waals surface area contributed by atoms with Crippen molar-refractivity contribution in [1.29, 1.82) is 0 Å². The fourth-order valence-electron chi connectivity index (χ4n) is 3.78. The molecule has 2 fully saturated rings. The number of nitrogens with two attached hydrogens (primary N) is 2. The third-order valence-electron chi connectivity index (χ3n) is 5.06. The normalized spacial score (nSPS) is 28.6. The number of carbonyl (C=O) groups excluding carboxylic acids is 1. The minimum atomic E-state index is -0.845. The Morgan fingerprint density at radius 2 is 1.95 bits per heavy atom. The highest BCUT2D eigenvalue weighted by Gasteiger charge is 2.33. The van der Waals surface area contributed by atoms with Gasteiger partial charge in [-0.2, -0.15) is 0 Å². The molecule has 2 rings (SSSR count). The molecule has 0 spiro atoms. The van der Waals surface area contributed by atoms with E-state index in [1.807, 2.05) is 0 Å². The van der Waals surface area contributed by atoms with E-state index in [9.17, 15) is 4.79 Å². The fourth-order valence-corrected chi connectivity index (χ4v) is 3.78. The third-order valence-corrected chi connectivity index (χ3v) is 5.06. The Bertz CT molecular complexity index is 311. The van der Waals surface area contributed by atoms with Crippen molar-refractivity contribution in [2.75, 3.05) is 13.1 Å². The molecule has 0 aromatic rings. The lowest BCUT2D eigenvalue weighted by Crippen LogP contribution is -2.49. The van der Waals surface area contributed by atoms with Gasteiger partial charge in [0.2, 0.25) is 5.91 Å². The number of hydrogen-bond acceptors (Lipinski definition) is 3. The topological polar surface area (TPSA) is 72.3 Å². The molecule has 110 valence electrons. The number of likely N-dealkylation sites (tertiary alicyclic amines) is 1. The minimum Gasteiger partial charge on any atom is -0.368 e. The highest BCUT2D eigenvalue weighted by atomic mass is 16.1. The maximum Gasteiger partial charge on any atom is 0.237 e. The Hall–Kier alpha value is -0.610. The first-order valence-corrected chi connectivity index (χ1v) is 7.83. The van der Waals surface area contributed by atoms with Crippen molar-refractivity contribution in [3.05, 3.63) is 0 Å². The molecule has 1 saturated carbocycles. The lowest BCUT2D eigenvalue weighted by Gasteiger charge is -2.30. The summed E-state index contributed by atoms with van der Waals surface area (Å²) in [4.78, 5) is 13.8. The smallest absolute Gasteiger partial charge is 0.237 e. The zero-order valence-corrected chi connectivity index (χ0v) is 12.2. The number of carbonyl (C=O) groups is 1. The Balaban J connectivity index is 1.77. The summed E-state index contributed by atoms with van der Waals surface area (Å²) in [7, 11) is 0. The van der Waals surface area contributed by atoms with Gasteiger partial charge in [-0.3, -0.25) is 4.79 Å². The summed E-state index contributed by atoms with van der Waals surface area (Å²) in [5.74, 6) is 0.532. The largest absolute Gasteiger partial charge is 0.368 e. The first-order chi connectivity index (χ1) is 9.00. The van der Waals surface area contributed by atoms with Gasteiger partial charge in [0.05, 0.1) is 5.54 Å². The summed E-state index contributed by atoms with van der Waals surface area (Å²) in [5, 5.41) is 0. The SMILES string of the molecule is CC(N)(CCCN1CCCC1C1CCCC1)C(N)=O. The van der Waals surface area contributed by atoms with Gasteiger partial charge in [0.15, 0.2) is 0 Å². The summed E-state index contributed by atoms with van der Waals surface area (Å²) in [6.45, 7) is 4.04. The third kappa shape index (κ3) is 3.69. The van der Waals surface area contributed by atoms with Crippen molar-refractivity contribution in [1.82, 2.24) is 4.90 Å². The minimum absolute atomic E-state index is 0.388. The molecule has 2 aliphatic rings. The number of primary amides is 1. The molecule has 1 heterocycles. The van der Waals surface area contributed by atoms with E-state index in [1.54, 1.807) is 6.92 Å². The van der Waals surface area contributed by atoms with Crippen molar-refractivity contribution in [3.63, 3.8) is 0 Å². The molecule has 2 unspecified atom stereocenters. The number of hydrogen-bond donors (Lipinski definition) is 2. The van der Waals surface area contributed by atoms with Crippen LogP contribution in [-0.2, 0) is 4.79 Å². The number of nitrogens with zero attached hydrogens (tertiary/aromatic N) is 1. The average Bonchev–Trinajstić information content (AvgIpc) is 2.97. The molecule has 1 aliphatic heterocycles. The lowest BCUT2D eigenvalue weighted by atomic mass is 9.94. The van der Waals surface area contributed by atoms with Gasteiger partial charge in [-0.1, -0.05) is 12.8 Å². The van der Waals surface area contributed by atoms with E-state index in [2.05, 4.69) is 4.90 Å². The van der Waals surface area contributed by atoms with Crippen LogP contribution in [0, 0.1) is 5.92 Å². The number of rotatable bonds is 6. The van der Waals surface area contributed by atoms with Gasteiger partial charge in [0.1, 0.15) is 0 Å². The van der Waals surface area contributed by atoms with E-state index >= 15 is 0 Å². The molecule has 0 radical (unpaired) electrons. The molecule has 1 amide bonds. The van der Waals surface area contributed by atoms with E-state index in [4.69, 9.17) is 11.5 Å². The fraction of sp³-hybridized carbons (Fsp3) is 0.933. The monoisotopic (exact) mass is 267 g/mol. The average molecular weight is 267 g/mol. The molecule has 4 heteroatoms. The second-order valence-corrected chi connectivity index (χ2v) is 6.68. The van der Waals surface area contributed by atoms with Gasteiger partial charge in [0.25, 0.3) is 0 Å². The van der Waals surface area contributed by atoms with Crippen LogP contribution in [0.25, 0.3) is 0 Å². The first kappa shape index (κ1) is 14.8. The standard InChI is InChI=1S/C15H29N3O/c1-15(17,14(16)19)9-5-11-18-10-4-8-13(18)12-6-2-3-7-12/h12-13H,2-11,17H2,1H3,(H2,16,19). The van der Waals surface area contributed by atoms with Gasteiger partial charge in [0, 0.05) is 6.04 Å². The summed E-state index contributed by atoms with van der Waals surface area (Å²) in [5.41, 5.74) is 10.4. The van der Waals surface area contributed by atoms with Crippen LogP contribution in [0.1, 0.15) is 58.3 Å². The van der Waals surface area contributed by atoms with E-state index in [0.717, 1.165) is 24.9 Å². The second kappa shape index (κ2) is 6.23. The molecule has 1 aliphatic carbocycles. The van der Waals surface area contributed by atoms with Crippen LogP contribution in [0.4, 0.5) is 0 Å². The van der Waals surface area contributed by atoms with Crippen LogP contribution >= 0.6 is 0 Å². The molecule has 19 heavy (non-hydrogen) atoms. The molecule has 1 saturated heterocycles. The van der Waals surface area contributed by atoms with Gasteiger partial charge in [-0.05, 0) is 64.5 Å². The van der Waals surface area contributed by atoms with E-state index in [1.165, 1.54) is 45.1 Å². The molecule has 2 atom stereocenters. The predicted molar refractivity (Wildman–Crippen MR) is 77.6 cm³/mol. The molecule has 0 bridgehead atoms. The Kier molecular flexibility index (Phi) is 4.85. The summed E-state index contributed by atoms with van der Waals surface area (Å²) >= 11 is 0. The van der Waals surface area contributed by atoms with E-state index < -0.39 is 5.54 Å². The van der Waals surface area contributed by atoms with Crippen LogP contribution in [0.3, 0.4) is 0 Å². The van der Waals surface area contributed by atoms with E-state index in [-0.39, 0.29) is 5.91 Å². The van der Waals surface area contributed by atoms with Crippen LogP contribution < -0.4 is 11.5 Å². The zero-order valence-electron chi connectivity index (χ0n) is 12.2. The molecule has 0 aromatic carbocycles. The van der Waals surface area contributed by atoms with Crippen molar-refractivity contribution >= 4 is 5.91 Å².